The van der Waals surface area contributed by atoms with Crippen molar-refractivity contribution < 1.29 is 9.84 Å². The Hall–Kier alpha value is -1.94. The molecule has 4 nitrogen and oxygen atoms in total. The third-order valence-electron chi connectivity index (χ3n) is 2.91. The molecule has 1 heterocycles. The number of hydrogen-bond acceptors (Lipinski definition) is 4. The highest BCUT2D eigenvalue weighted by atomic mass is 16.5. The minimum atomic E-state index is 0.156. The molecule has 0 aliphatic heterocycles. The number of aliphatic hydroxyl groups excluding tert-OH is 1. The quantitative estimate of drug-likeness (QED) is 0.908. The molecular weight excluding hydrogens is 252 g/mol. The molecule has 0 radical (unpaired) electrons. The van der Waals surface area contributed by atoms with E-state index in [9.17, 15) is 0 Å². The lowest BCUT2D eigenvalue weighted by Gasteiger charge is -2.09. The SMILES string of the molecule is Cc1cc(Oc2ccc(CCO)cc2)nc(C(C)C)n1. The highest BCUT2D eigenvalue weighted by Gasteiger charge is 2.07. The second kappa shape index (κ2) is 6.48. The Balaban J connectivity index is 2.16. The summed E-state index contributed by atoms with van der Waals surface area (Å²) in [5, 5.41) is 8.89. The molecule has 0 amide bonds. The molecule has 0 bridgehead atoms. The molecule has 4 heteroatoms. The van der Waals surface area contributed by atoms with Gasteiger partial charge in [0.25, 0.3) is 0 Å². The van der Waals surface area contributed by atoms with Crippen molar-refractivity contribution >= 4 is 0 Å². The number of ether oxygens (including phenoxy) is 1. The number of aromatic nitrogens is 2. The van der Waals surface area contributed by atoms with Crippen molar-refractivity contribution in [2.24, 2.45) is 0 Å². The molecule has 106 valence electrons. The van der Waals surface area contributed by atoms with Gasteiger partial charge in [-0.1, -0.05) is 26.0 Å². The number of benzene rings is 1. The molecule has 0 saturated carbocycles. The van der Waals surface area contributed by atoms with Gasteiger partial charge in [-0.3, -0.25) is 0 Å². The predicted octanol–water partition coefficient (Wildman–Crippen LogP) is 3.24. The molecule has 0 unspecified atom stereocenters. The fourth-order valence-corrected chi connectivity index (χ4v) is 1.85. The van der Waals surface area contributed by atoms with Gasteiger partial charge in [-0.15, -0.1) is 0 Å². The van der Waals surface area contributed by atoms with Gasteiger partial charge in [0.2, 0.25) is 5.88 Å². The van der Waals surface area contributed by atoms with Crippen molar-refractivity contribution in [3.63, 3.8) is 0 Å². The van der Waals surface area contributed by atoms with E-state index >= 15 is 0 Å². The lowest BCUT2D eigenvalue weighted by atomic mass is 10.1. The molecule has 0 aliphatic carbocycles. The number of rotatable bonds is 5. The summed E-state index contributed by atoms with van der Waals surface area (Å²) >= 11 is 0. The maximum Gasteiger partial charge on any atom is 0.222 e. The molecule has 0 saturated heterocycles. The summed E-state index contributed by atoms with van der Waals surface area (Å²) in [6.45, 7) is 6.21. The third kappa shape index (κ3) is 3.78. The standard InChI is InChI=1S/C16H20N2O2/c1-11(2)16-17-12(3)10-15(18-16)20-14-6-4-13(5-7-14)8-9-19/h4-7,10-11,19H,8-9H2,1-3H3. The van der Waals surface area contributed by atoms with Gasteiger partial charge in [0.15, 0.2) is 0 Å². The van der Waals surface area contributed by atoms with E-state index in [0.29, 0.717) is 12.3 Å². The smallest absolute Gasteiger partial charge is 0.222 e. The van der Waals surface area contributed by atoms with Crippen LogP contribution in [0.1, 0.15) is 36.8 Å². The van der Waals surface area contributed by atoms with E-state index in [2.05, 4.69) is 23.8 Å². The molecule has 20 heavy (non-hydrogen) atoms. The molecule has 2 rings (SSSR count). The Labute approximate surface area is 119 Å². The maximum atomic E-state index is 8.89. The second-order valence-electron chi connectivity index (χ2n) is 5.08. The Bertz CT molecular complexity index is 565. The Morgan fingerprint density at radius 1 is 1.15 bits per heavy atom. The highest BCUT2D eigenvalue weighted by molar-refractivity contribution is 5.31. The molecule has 0 aliphatic rings. The van der Waals surface area contributed by atoms with Gasteiger partial charge >= 0.3 is 0 Å². The van der Waals surface area contributed by atoms with Crippen molar-refractivity contribution in [1.29, 1.82) is 0 Å². The summed E-state index contributed by atoms with van der Waals surface area (Å²) in [6, 6.07) is 9.49. The molecule has 0 atom stereocenters. The van der Waals surface area contributed by atoms with Crippen molar-refractivity contribution in [2.45, 2.75) is 33.1 Å². The van der Waals surface area contributed by atoms with E-state index in [1.165, 1.54) is 0 Å². The van der Waals surface area contributed by atoms with Crippen LogP contribution in [0.5, 0.6) is 11.6 Å². The first kappa shape index (κ1) is 14.5. The summed E-state index contributed by atoms with van der Waals surface area (Å²) in [5.41, 5.74) is 1.98. The minimum absolute atomic E-state index is 0.156. The average molecular weight is 272 g/mol. The van der Waals surface area contributed by atoms with Crippen LogP contribution in [-0.4, -0.2) is 21.7 Å². The van der Waals surface area contributed by atoms with Gasteiger partial charge in [-0.2, -0.15) is 4.98 Å². The Morgan fingerprint density at radius 3 is 2.45 bits per heavy atom. The van der Waals surface area contributed by atoms with Crippen LogP contribution in [0.2, 0.25) is 0 Å². The van der Waals surface area contributed by atoms with Crippen molar-refractivity contribution in [1.82, 2.24) is 9.97 Å². The van der Waals surface area contributed by atoms with Gasteiger partial charge in [-0.05, 0) is 31.0 Å². The maximum absolute atomic E-state index is 8.89. The van der Waals surface area contributed by atoms with Gasteiger partial charge in [0.05, 0.1) is 0 Å². The lowest BCUT2D eigenvalue weighted by Crippen LogP contribution is -2.01. The fraction of sp³-hybridized carbons (Fsp3) is 0.375. The first-order valence-corrected chi connectivity index (χ1v) is 6.81. The number of nitrogens with zero attached hydrogens (tertiary/aromatic N) is 2. The molecular formula is C16H20N2O2. The molecule has 0 spiro atoms. The van der Waals surface area contributed by atoms with E-state index in [-0.39, 0.29) is 12.5 Å². The van der Waals surface area contributed by atoms with E-state index in [4.69, 9.17) is 9.84 Å². The van der Waals surface area contributed by atoms with Crippen molar-refractivity contribution in [2.75, 3.05) is 6.61 Å². The molecule has 1 aromatic carbocycles. The fourth-order valence-electron chi connectivity index (χ4n) is 1.85. The van der Waals surface area contributed by atoms with Crippen LogP contribution >= 0.6 is 0 Å². The summed E-state index contributed by atoms with van der Waals surface area (Å²) in [4.78, 5) is 8.81. The van der Waals surface area contributed by atoms with Crippen molar-refractivity contribution in [3.05, 3.63) is 47.4 Å². The minimum Gasteiger partial charge on any atom is -0.439 e. The van der Waals surface area contributed by atoms with Crippen LogP contribution in [0.3, 0.4) is 0 Å². The monoisotopic (exact) mass is 272 g/mol. The highest BCUT2D eigenvalue weighted by Crippen LogP contribution is 2.22. The number of aryl methyl sites for hydroxylation is 1. The van der Waals surface area contributed by atoms with Gasteiger partial charge in [-0.25, -0.2) is 4.98 Å². The van der Waals surface area contributed by atoms with E-state index < -0.39 is 0 Å². The first-order valence-electron chi connectivity index (χ1n) is 6.81. The lowest BCUT2D eigenvalue weighted by molar-refractivity contribution is 0.299. The predicted molar refractivity (Wildman–Crippen MR) is 78.2 cm³/mol. The van der Waals surface area contributed by atoms with E-state index in [1.54, 1.807) is 0 Å². The van der Waals surface area contributed by atoms with E-state index in [0.717, 1.165) is 22.8 Å². The zero-order chi connectivity index (χ0) is 14.5. The third-order valence-corrected chi connectivity index (χ3v) is 2.91. The molecule has 1 N–H and O–H groups in total. The van der Waals surface area contributed by atoms with Crippen molar-refractivity contribution in [3.8, 4) is 11.6 Å². The van der Waals surface area contributed by atoms with Crippen LogP contribution in [-0.2, 0) is 6.42 Å². The number of hydrogen-bond donors (Lipinski definition) is 1. The van der Waals surface area contributed by atoms with Gasteiger partial charge in [0, 0.05) is 24.3 Å². The number of aliphatic hydroxyl groups is 1. The molecule has 1 aromatic heterocycles. The topological polar surface area (TPSA) is 55.2 Å². The second-order valence-corrected chi connectivity index (χ2v) is 5.08. The zero-order valence-corrected chi connectivity index (χ0v) is 12.1. The summed E-state index contributed by atoms with van der Waals surface area (Å²) in [7, 11) is 0. The van der Waals surface area contributed by atoms with Crippen LogP contribution in [0.25, 0.3) is 0 Å². The van der Waals surface area contributed by atoms with Crippen LogP contribution in [0.15, 0.2) is 30.3 Å². The van der Waals surface area contributed by atoms with Crippen LogP contribution < -0.4 is 4.74 Å². The average Bonchev–Trinajstić information content (AvgIpc) is 2.40. The zero-order valence-electron chi connectivity index (χ0n) is 12.1. The van der Waals surface area contributed by atoms with Crippen LogP contribution in [0.4, 0.5) is 0 Å². The molecule has 0 fully saturated rings. The summed E-state index contributed by atoms with van der Waals surface area (Å²) < 4.78 is 5.77. The van der Waals surface area contributed by atoms with Gasteiger partial charge in [0.1, 0.15) is 11.6 Å². The Morgan fingerprint density at radius 2 is 1.85 bits per heavy atom. The van der Waals surface area contributed by atoms with Crippen LogP contribution in [0, 0.1) is 6.92 Å². The summed E-state index contributed by atoms with van der Waals surface area (Å²) in [6.07, 6.45) is 0.657. The normalized spacial score (nSPS) is 10.8. The molecule has 2 aromatic rings. The summed E-state index contributed by atoms with van der Waals surface area (Å²) in [5.74, 6) is 2.36. The van der Waals surface area contributed by atoms with E-state index in [1.807, 2.05) is 37.3 Å². The largest absolute Gasteiger partial charge is 0.439 e. The van der Waals surface area contributed by atoms with Gasteiger partial charge < -0.3 is 9.84 Å². The Kier molecular flexibility index (Phi) is 4.69. The first-order chi connectivity index (χ1) is 9.58.